The molecule has 2 nitrogen and oxygen atoms in total. The molecule has 0 aromatic rings. The summed E-state index contributed by atoms with van der Waals surface area (Å²) in [5.74, 6) is 0.133. The monoisotopic (exact) mass is 170 g/mol. The van der Waals surface area contributed by atoms with Gasteiger partial charge in [0.1, 0.15) is 6.10 Å². The molecule has 0 saturated carbocycles. The molecule has 0 bridgehead atoms. The van der Waals surface area contributed by atoms with E-state index < -0.39 is 0 Å². The lowest BCUT2D eigenvalue weighted by atomic mass is 10.0. The topological polar surface area (TPSA) is 26.3 Å². The molecule has 12 heavy (non-hydrogen) atoms. The molecule has 0 radical (unpaired) electrons. The third-order valence-electron chi connectivity index (χ3n) is 2.43. The molecule has 0 unspecified atom stereocenters. The Kier molecular flexibility index (Phi) is 3.57. The van der Waals surface area contributed by atoms with Crippen LogP contribution in [0.5, 0.6) is 0 Å². The van der Waals surface area contributed by atoms with Gasteiger partial charge in [0.05, 0.1) is 5.92 Å². The fourth-order valence-electron chi connectivity index (χ4n) is 1.62. The second-order valence-electron chi connectivity index (χ2n) is 3.69. The van der Waals surface area contributed by atoms with Crippen LogP contribution in [0.1, 0.15) is 46.0 Å². The van der Waals surface area contributed by atoms with Crippen LogP contribution in [0.2, 0.25) is 0 Å². The van der Waals surface area contributed by atoms with Gasteiger partial charge >= 0.3 is 5.97 Å². The van der Waals surface area contributed by atoms with E-state index in [4.69, 9.17) is 4.74 Å². The van der Waals surface area contributed by atoms with Gasteiger partial charge in [-0.15, -0.1) is 0 Å². The molecule has 70 valence electrons. The zero-order valence-electron chi connectivity index (χ0n) is 8.01. The first kappa shape index (κ1) is 9.56. The number of rotatable bonds is 4. The van der Waals surface area contributed by atoms with Crippen molar-refractivity contribution in [3.63, 3.8) is 0 Å². The van der Waals surface area contributed by atoms with Crippen molar-refractivity contribution in [3.05, 3.63) is 0 Å². The smallest absolute Gasteiger partial charge is 0.309 e. The van der Waals surface area contributed by atoms with Crippen molar-refractivity contribution in [1.29, 1.82) is 0 Å². The van der Waals surface area contributed by atoms with Gasteiger partial charge in [-0.2, -0.15) is 0 Å². The number of ether oxygens (including phenoxy) is 1. The zero-order valence-corrected chi connectivity index (χ0v) is 8.01. The molecule has 1 heterocycles. The molecule has 1 rings (SSSR count). The van der Waals surface area contributed by atoms with E-state index in [0.717, 1.165) is 12.8 Å². The van der Waals surface area contributed by atoms with Crippen LogP contribution in [-0.4, -0.2) is 12.1 Å². The average Bonchev–Trinajstić information content (AvgIpc) is 2.32. The maximum absolute atomic E-state index is 11.0. The Labute approximate surface area is 74.3 Å². The third kappa shape index (κ3) is 2.50. The summed E-state index contributed by atoms with van der Waals surface area (Å²) in [5.41, 5.74) is 0. The highest BCUT2D eigenvalue weighted by Gasteiger charge is 2.29. The maximum Gasteiger partial charge on any atom is 0.309 e. The molecule has 0 spiro atoms. The summed E-state index contributed by atoms with van der Waals surface area (Å²) in [4.78, 5) is 11.0. The predicted octanol–water partition coefficient (Wildman–Crippen LogP) is 2.52. The number of esters is 1. The van der Waals surface area contributed by atoms with E-state index in [-0.39, 0.29) is 18.0 Å². The van der Waals surface area contributed by atoms with Crippen molar-refractivity contribution >= 4 is 5.97 Å². The molecule has 2 atom stereocenters. The molecule has 2 heteroatoms. The first-order chi connectivity index (χ1) is 5.74. The van der Waals surface area contributed by atoms with E-state index in [1.54, 1.807) is 0 Å². The molecule has 0 aromatic carbocycles. The molecule has 1 aliphatic heterocycles. The van der Waals surface area contributed by atoms with Gasteiger partial charge in [-0.1, -0.05) is 26.7 Å². The zero-order chi connectivity index (χ0) is 8.97. The Morgan fingerprint density at radius 2 is 2.25 bits per heavy atom. The van der Waals surface area contributed by atoms with E-state index in [1.165, 1.54) is 19.3 Å². The first-order valence-corrected chi connectivity index (χ1v) is 4.94. The summed E-state index contributed by atoms with van der Waals surface area (Å²) >= 11 is 0. The average molecular weight is 170 g/mol. The first-order valence-electron chi connectivity index (χ1n) is 4.94. The minimum Gasteiger partial charge on any atom is -0.462 e. The number of hydrogen-bond acceptors (Lipinski definition) is 2. The van der Waals surface area contributed by atoms with Crippen LogP contribution in [-0.2, 0) is 9.53 Å². The molecule has 0 N–H and O–H groups in total. The normalized spacial score (nSPS) is 29.0. The van der Waals surface area contributed by atoms with Crippen molar-refractivity contribution in [2.24, 2.45) is 5.92 Å². The Morgan fingerprint density at radius 3 is 2.75 bits per heavy atom. The van der Waals surface area contributed by atoms with E-state index >= 15 is 0 Å². The van der Waals surface area contributed by atoms with Gasteiger partial charge < -0.3 is 4.74 Å². The summed E-state index contributed by atoms with van der Waals surface area (Å²) in [6, 6.07) is 0. The molecular formula is C10H18O2. The number of hydrogen-bond donors (Lipinski definition) is 0. The molecule has 1 aliphatic rings. The Balaban J connectivity index is 2.14. The van der Waals surface area contributed by atoms with Gasteiger partial charge in [-0.05, 0) is 19.3 Å². The van der Waals surface area contributed by atoms with Crippen molar-refractivity contribution in [1.82, 2.24) is 0 Å². The van der Waals surface area contributed by atoms with Crippen LogP contribution in [0.4, 0.5) is 0 Å². The van der Waals surface area contributed by atoms with Gasteiger partial charge in [-0.3, -0.25) is 4.79 Å². The van der Waals surface area contributed by atoms with Crippen LogP contribution in [0.15, 0.2) is 0 Å². The van der Waals surface area contributed by atoms with Gasteiger partial charge in [0.25, 0.3) is 0 Å². The van der Waals surface area contributed by atoms with Crippen LogP contribution < -0.4 is 0 Å². The van der Waals surface area contributed by atoms with E-state index in [2.05, 4.69) is 6.92 Å². The number of carbonyl (C=O) groups excluding carboxylic acids is 1. The Morgan fingerprint density at radius 1 is 1.50 bits per heavy atom. The van der Waals surface area contributed by atoms with Gasteiger partial charge in [0, 0.05) is 0 Å². The standard InChI is InChI=1S/C10H18O2/c1-3-4-5-6-9-7-8(2)10(11)12-9/h8-9H,3-7H2,1-2H3/t8-,9-/m0/s1. The van der Waals surface area contributed by atoms with Crippen molar-refractivity contribution < 1.29 is 9.53 Å². The number of unbranched alkanes of at least 4 members (excludes halogenated alkanes) is 2. The largest absolute Gasteiger partial charge is 0.462 e. The minimum absolute atomic E-state index is 0.00324. The lowest BCUT2D eigenvalue weighted by molar-refractivity contribution is -0.144. The van der Waals surface area contributed by atoms with Crippen molar-refractivity contribution in [2.45, 2.75) is 52.1 Å². The second kappa shape index (κ2) is 4.48. The summed E-state index contributed by atoms with van der Waals surface area (Å²) in [6.07, 6.45) is 5.89. The maximum atomic E-state index is 11.0. The Bertz CT molecular complexity index is 154. The third-order valence-corrected chi connectivity index (χ3v) is 2.43. The lowest BCUT2D eigenvalue weighted by Crippen LogP contribution is -2.06. The van der Waals surface area contributed by atoms with Crippen LogP contribution >= 0.6 is 0 Å². The van der Waals surface area contributed by atoms with E-state index in [1.807, 2.05) is 6.92 Å². The van der Waals surface area contributed by atoms with Crippen LogP contribution in [0, 0.1) is 5.92 Å². The minimum atomic E-state index is -0.00324. The van der Waals surface area contributed by atoms with E-state index in [9.17, 15) is 4.79 Å². The molecular weight excluding hydrogens is 152 g/mol. The predicted molar refractivity (Wildman–Crippen MR) is 47.8 cm³/mol. The fourth-order valence-corrected chi connectivity index (χ4v) is 1.62. The highest BCUT2D eigenvalue weighted by Crippen LogP contribution is 2.24. The molecule has 0 aromatic heterocycles. The lowest BCUT2D eigenvalue weighted by Gasteiger charge is -2.07. The van der Waals surface area contributed by atoms with Gasteiger partial charge in [-0.25, -0.2) is 0 Å². The quantitative estimate of drug-likeness (QED) is 0.478. The van der Waals surface area contributed by atoms with Crippen LogP contribution in [0.3, 0.4) is 0 Å². The summed E-state index contributed by atoms with van der Waals surface area (Å²) in [7, 11) is 0. The molecule has 0 amide bonds. The number of carbonyl (C=O) groups is 1. The van der Waals surface area contributed by atoms with Gasteiger partial charge in [0.2, 0.25) is 0 Å². The highest BCUT2D eigenvalue weighted by atomic mass is 16.5. The highest BCUT2D eigenvalue weighted by molar-refractivity contribution is 5.74. The van der Waals surface area contributed by atoms with Crippen LogP contribution in [0.25, 0.3) is 0 Å². The SMILES string of the molecule is CCCCC[C@H]1C[C@H](C)C(=O)O1. The summed E-state index contributed by atoms with van der Waals surface area (Å²) in [5, 5.41) is 0. The van der Waals surface area contributed by atoms with E-state index in [0.29, 0.717) is 0 Å². The van der Waals surface area contributed by atoms with Gasteiger partial charge in [0.15, 0.2) is 0 Å². The molecule has 1 saturated heterocycles. The summed E-state index contributed by atoms with van der Waals surface area (Å²) < 4.78 is 5.18. The molecule has 0 aliphatic carbocycles. The number of cyclic esters (lactones) is 1. The second-order valence-corrected chi connectivity index (χ2v) is 3.69. The Hall–Kier alpha value is -0.530. The molecule has 1 fully saturated rings. The van der Waals surface area contributed by atoms with Crippen molar-refractivity contribution in [3.8, 4) is 0 Å². The fraction of sp³-hybridized carbons (Fsp3) is 0.900. The van der Waals surface area contributed by atoms with Crippen molar-refractivity contribution in [2.75, 3.05) is 0 Å². The summed E-state index contributed by atoms with van der Waals surface area (Å²) in [6.45, 7) is 4.13.